The van der Waals surface area contributed by atoms with E-state index >= 15 is 0 Å². The van der Waals surface area contributed by atoms with E-state index in [-0.39, 0.29) is 23.1 Å². The Hall–Kier alpha value is -1.13. The molecule has 0 aliphatic heterocycles. The third-order valence-corrected chi connectivity index (χ3v) is 2.64. The van der Waals surface area contributed by atoms with Gasteiger partial charge in [0, 0.05) is 18.2 Å². The van der Waals surface area contributed by atoms with Crippen molar-refractivity contribution in [2.75, 3.05) is 13.2 Å². The van der Waals surface area contributed by atoms with E-state index in [1.54, 1.807) is 0 Å². The van der Waals surface area contributed by atoms with Gasteiger partial charge in [0.05, 0.1) is 5.56 Å². The molecule has 1 aromatic rings. The van der Waals surface area contributed by atoms with E-state index < -0.39 is 11.7 Å². The summed E-state index contributed by atoms with van der Waals surface area (Å²) in [6.45, 7) is 2.38. The third-order valence-electron chi connectivity index (χ3n) is 2.41. The molecule has 2 N–H and O–H groups in total. The molecule has 0 aliphatic rings. The molecule has 1 unspecified atom stereocenters. The number of aliphatic hydroxyl groups is 1. The van der Waals surface area contributed by atoms with Crippen LogP contribution in [0.15, 0.2) is 18.2 Å². The summed E-state index contributed by atoms with van der Waals surface area (Å²) in [5, 5.41) is 11.6. The molecule has 1 aromatic carbocycles. The molecule has 0 radical (unpaired) electrons. The van der Waals surface area contributed by atoms with Gasteiger partial charge in [0.2, 0.25) is 0 Å². The van der Waals surface area contributed by atoms with Crippen LogP contribution in [0.2, 0.25) is 5.02 Å². The van der Waals surface area contributed by atoms with Gasteiger partial charge >= 0.3 is 0 Å². The van der Waals surface area contributed by atoms with Crippen LogP contribution < -0.4 is 5.32 Å². The molecule has 94 valence electrons. The maximum absolute atomic E-state index is 13.4. The SMILES string of the molecule is CC(CCO)CNC(=O)c1ccc(Cl)cc1F. The second-order valence-corrected chi connectivity index (χ2v) is 4.39. The molecule has 5 heteroatoms. The lowest BCUT2D eigenvalue weighted by Gasteiger charge is -2.11. The molecule has 0 bridgehead atoms. The first-order chi connectivity index (χ1) is 8.04. The summed E-state index contributed by atoms with van der Waals surface area (Å²) in [7, 11) is 0. The molecule has 0 fully saturated rings. The van der Waals surface area contributed by atoms with E-state index in [9.17, 15) is 9.18 Å². The second-order valence-electron chi connectivity index (χ2n) is 3.95. The van der Waals surface area contributed by atoms with E-state index in [0.717, 1.165) is 6.07 Å². The highest BCUT2D eigenvalue weighted by molar-refractivity contribution is 6.30. The zero-order valence-electron chi connectivity index (χ0n) is 9.54. The fraction of sp³-hybridized carbons (Fsp3) is 0.417. The number of amides is 1. The molecule has 0 saturated carbocycles. The maximum Gasteiger partial charge on any atom is 0.254 e. The van der Waals surface area contributed by atoms with Gasteiger partial charge in [0.1, 0.15) is 5.82 Å². The number of carbonyl (C=O) groups excluding carboxylic acids is 1. The van der Waals surface area contributed by atoms with Gasteiger partial charge < -0.3 is 10.4 Å². The standard InChI is InChI=1S/C12H15ClFNO2/c1-8(4-5-16)7-15-12(17)10-3-2-9(13)6-11(10)14/h2-3,6,8,16H,4-5,7H2,1H3,(H,15,17). The number of hydrogen-bond acceptors (Lipinski definition) is 2. The molecule has 1 atom stereocenters. The minimum absolute atomic E-state index is 0.0226. The van der Waals surface area contributed by atoms with E-state index in [2.05, 4.69) is 5.32 Å². The predicted octanol–water partition coefficient (Wildman–Crippen LogP) is 2.23. The summed E-state index contributed by atoms with van der Waals surface area (Å²) >= 11 is 5.59. The van der Waals surface area contributed by atoms with E-state index in [0.29, 0.717) is 13.0 Å². The molecular formula is C12H15ClFNO2. The van der Waals surface area contributed by atoms with Crippen LogP contribution in [-0.4, -0.2) is 24.2 Å². The van der Waals surface area contributed by atoms with Gasteiger partial charge in [-0.3, -0.25) is 4.79 Å². The van der Waals surface area contributed by atoms with Crippen molar-refractivity contribution in [3.05, 3.63) is 34.6 Å². The van der Waals surface area contributed by atoms with Crippen LogP contribution in [0.25, 0.3) is 0 Å². The Balaban J connectivity index is 2.58. The average molecular weight is 260 g/mol. The van der Waals surface area contributed by atoms with Crippen LogP contribution >= 0.6 is 11.6 Å². The Morgan fingerprint density at radius 3 is 2.88 bits per heavy atom. The van der Waals surface area contributed by atoms with Crippen LogP contribution in [0.4, 0.5) is 4.39 Å². The molecule has 3 nitrogen and oxygen atoms in total. The van der Waals surface area contributed by atoms with Crippen molar-refractivity contribution >= 4 is 17.5 Å². The van der Waals surface area contributed by atoms with Crippen LogP contribution in [0.3, 0.4) is 0 Å². The number of nitrogens with one attached hydrogen (secondary N) is 1. The highest BCUT2D eigenvalue weighted by atomic mass is 35.5. The molecule has 0 aromatic heterocycles. The second kappa shape index (κ2) is 6.57. The summed E-state index contributed by atoms with van der Waals surface area (Å²) in [6, 6.07) is 3.92. The van der Waals surface area contributed by atoms with Gasteiger partial charge in [0.25, 0.3) is 5.91 Å². The van der Waals surface area contributed by atoms with Gasteiger partial charge in [0.15, 0.2) is 0 Å². The highest BCUT2D eigenvalue weighted by Gasteiger charge is 2.12. The predicted molar refractivity (Wildman–Crippen MR) is 64.6 cm³/mol. The number of rotatable bonds is 5. The molecule has 1 amide bonds. The number of carbonyl (C=O) groups is 1. The molecule has 17 heavy (non-hydrogen) atoms. The quantitative estimate of drug-likeness (QED) is 0.852. The lowest BCUT2D eigenvalue weighted by Crippen LogP contribution is -2.29. The van der Waals surface area contributed by atoms with Gasteiger partial charge in [-0.05, 0) is 30.5 Å². The average Bonchev–Trinajstić information content (AvgIpc) is 2.26. The number of aliphatic hydroxyl groups excluding tert-OH is 1. The third kappa shape index (κ3) is 4.32. The summed E-state index contributed by atoms with van der Waals surface area (Å²) in [4.78, 5) is 11.6. The van der Waals surface area contributed by atoms with Crippen LogP contribution in [0, 0.1) is 11.7 Å². The monoisotopic (exact) mass is 259 g/mol. The Bertz CT molecular complexity index is 398. The first-order valence-electron chi connectivity index (χ1n) is 5.38. The first-order valence-corrected chi connectivity index (χ1v) is 5.76. The molecular weight excluding hydrogens is 245 g/mol. The Labute approximate surface area is 105 Å². The number of halogens is 2. The van der Waals surface area contributed by atoms with Crippen molar-refractivity contribution in [3.8, 4) is 0 Å². The largest absolute Gasteiger partial charge is 0.396 e. The molecule has 0 heterocycles. The highest BCUT2D eigenvalue weighted by Crippen LogP contribution is 2.14. The van der Waals surface area contributed by atoms with Gasteiger partial charge in [-0.25, -0.2) is 4.39 Å². The Morgan fingerprint density at radius 2 is 2.29 bits per heavy atom. The van der Waals surface area contributed by atoms with Crippen molar-refractivity contribution in [2.45, 2.75) is 13.3 Å². The topological polar surface area (TPSA) is 49.3 Å². The summed E-state index contributed by atoms with van der Waals surface area (Å²) in [5.74, 6) is -0.951. The van der Waals surface area contributed by atoms with E-state index in [1.807, 2.05) is 6.92 Å². The summed E-state index contributed by atoms with van der Waals surface area (Å²) in [5.41, 5.74) is -0.0226. The first kappa shape index (κ1) is 13.9. The Kier molecular flexibility index (Phi) is 5.38. The fourth-order valence-corrected chi connectivity index (χ4v) is 1.52. The Morgan fingerprint density at radius 1 is 1.59 bits per heavy atom. The number of hydrogen-bond donors (Lipinski definition) is 2. The lowest BCUT2D eigenvalue weighted by molar-refractivity contribution is 0.0941. The van der Waals surface area contributed by atoms with Crippen LogP contribution in [-0.2, 0) is 0 Å². The maximum atomic E-state index is 13.4. The zero-order valence-corrected chi connectivity index (χ0v) is 10.3. The normalized spacial score (nSPS) is 12.2. The van der Waals surface area contributed by atoms with Crippen LogP contribution in [0.5, 0.6) is 0 Å². The van der Waals surface area contributed by atoms with Crippen molar-refractivity contribution in [3.63, 3.8) is 0 Å². The molecule has 0 saturated heterocycles. The van der Waals surface area contributed by atoms with E-state index in [4.69, 9.17) is 16.7 Å². The lowest BCUT2D eigenvalue weighted by atomic mass is 10.1. The van der Waals surface area contributed by atoms with Gasteiger partial charge in [-0.1, -0.05) is 18.5 Å². The summed E-state index contributed by atoms with van der Waals surface area (Å²) in [6.07, 6.45) is 0.601. The van der Waals surface area contributed by atoms with Crippen LogP contribution in [0.1, 0.15) is 23.7 Å². The summed E-state index contributed by atoms with van der Waals surface area (Å²) < 4.78 is 13.4. The minimum Gasteiger partial charge on any atom is -0.396 e. The minimum atomic E-state index is -0.634. The molecule has 0 aliphatic carbocycles. The van der Waals surface area contributed by atoms with Crippen molar-refractivity contribution in [2.24, 2.45) is 5.92 Å². The molecule has 0 spiro atoms. The van der Waals surface area contributed by atoms with Crippen molar-refractivity contribution in [1.29, 1.82) is 0 Å². The molecule has 1 rings (SSSR count). The zero-order chi connectivity index (χ0) is 12.8. The van der Waals surface area contributed by atoms with Crippen molar-refractivity contribution in [1.82, 2.24) is 5.32 Å². The smallest absolute Gasteiger partial charge is 0.254 e. The fourth-order valence-electron chi connectivity index (χ4n) is 1.36. The van der Waals surface area contributed by atoms with E-state index in [1.165, 1.54) is 12.1 Å². The van der Waals surface area contributed by atoms with Crippen molar-refractivity contribution < 1.29 is 14.3 Å². The van der Waals surface area contributed by atoms with Gasteiger partial charge in [-0.2, -0.15) is 0 Å². The number of benzene rings is 1. The van der Waals surface area contributed by atoms with Gasteiger partial charge in [-0.15, -0.1) is 0 Å².